The Balaban J connectivity index is 0.000000220. The quantitative estimate of drug-likeness (QED) is 0.750. The fourth-order valence-corrected chi connectivity index (χ4v) is 2.47. The summed E-state index contributed by atoms with van der Waals surface area (Å²) < 4.78 is 10.5. The van der Waals surface area contributed by atoms with E-state index in [0.717, 1.165) is 37.4 Å². The molecule has 0 radical (unpaired) electrons. The van der Waals surface area contributed by atoms with Crippen LogP contribution < -0.4 is 10.7 Å². The lowest BCUT2D eigenvalue weighted by atomic mass is 10.0. The van der Waals surface area contributed by atoms with E-state index in [9.17, 15) is 4.79 Å². The molecule has 0 atom stereocenters. The van der Waals surface area contributed by atoms with Crippen LogP contribution in [-0.2, 0) is 4.74 Å². The van der Waals surface area contributed by atoms with Gasteiger partial charge < -0.3 is 14.5 Å². The van der Waals surface area contributed by atoms with Crippen molar-refractivity contribution in [2.75, 3.05) is 26.3 Å². The number of benzene rings is 2. The highest BCUT2D eigenvalue weighted by atomic mass is 16.5. The van der Waals surface area contributed by atoms with Crippen LogP contribution in [0.3, 0.4) is 0 Å². The minimum atomic E-state index is -0.0102. The highest BCUT2D eigenvalue weighted by Crippen LogP contribution is 2.26. The normalized spacial score (nSPS) is 14.1. The van der Waals surface area contributed by atoms with Gasteiger partial charge in [0.25, 0.3) is 0 Å². The molecule has 23 heavy (non-hydrogen) atoms. The molecule has 2 heterocycles. The maximum absolute atomic E-state index is 11.7. The van der Waals surface area contributed by atoms with Gasteiger partial charge in [-0.05, 0) is 11.6 Å². The SMILES string of the molecule is C1COCCN1.O=c1ccoc2c(-c3ccccc3)cccc12. The van der Waals surface area contributed by atoms with Crippen molar-refractivity contribution in [3.8, 4) is 11.1 Å². The Kier molecular flexibility index (Phi) is 5.19. The van der Waals surface area contributed by atoms with Gasteiger partial charge in [0.15, 0.2) is 5.43 Å². The smallest absolute Gasteiger partial charge is 0.192 e. The largest absolute Gasteiger partial charge is 0.463 e. The fourth-order valence-electron chi connectivity index (χ4n) is 2.47. The Morgan fingerprint density at radius 1 is 0.870 bits per heavy atom. The minimum absolute atomic E-state index is 0.0102. The lowest BCUT2D eigenvalue weighted by Gasteiger charge is -2.10. The molecule has 0 amide bonds. The third-order valence-electron chi connectivity index (χ3n) is 3.62. The van der Waals surface area contributed by atoms with E-state index in [1.54, 1.807) is 6.07 Å². The lowest BCUT2D eigenvalue weighted by Crippen LogP contribution is -2.30. The number of nitrogens with one attached hydrogen (secondary N) is 1. The van der Waals surface area contributed by atoms with E-state index in [0.29, 0.717) is 11.0 Å². The first-order valence-electron chi connectivity index (χ1n) is 7.71. The van der Waals surface area contributed by atoms with Crippen molar-refractivity contribution in [2.45, 2.75) is 0 Å². The van der Waals surface area contributed by atoms with E-state index in [4.69, 9.17) is 9.15 Å². The van der Waals surface area contributed by atoms with Crippen LogP contribution in [0.1, 0.15) is 0 Å². The first-order chi connectivity index (χ1) is 11.4. The van der Waals surface area contributed by atoms with E-state index < -0.39 is 0 Å². The van der Waals surface area contributed by atoms with Crippen LogP contribution in [0.4, 0.5) is 0 Å². The molecule has 0 aliphatic carbocycles. The average Bonchev–Trinajstić information content (AvgIpc) is 2.64. The maximum Gasteiger partial charge on any atom is 0.192 e. The van der Waals surface area contributed by atoms with Crippen molar-refractivity contribution >= 4 is 11.0 Å². The molecule has 118 valence electrons. The zero-order valence-electron chi connectivity index (χ0n) is 12.8. The van der Waals surface area contributed by atoms with Crippen LogP contribution >= 0.6 is 0 Å². The summed E-state index contributed by atoms with van der Waals surface area (Å²) in [6.45, 7) is 3.83. The van der Waals surface area contributed by atoms with Crippen LogP contribution in [0.5, 0.6) is 0 Å². The molecule has 1 N–H and O–H groups in total. The first-order valence-corrected chi connectivity index (χ1v) is 7.71. The lowest BCUT2D eigenvalue weighted by molar-refractivity contribution is 0.109. The number of rotatable bonds is 1. The van der Waals surface area contributed by atoms with Gasteiger partial charge in [0.05, 0.1) is 24.9 Å². The van der Waals surface area contributed by atoms with Crippen LogP contribution in [-0.4, -0.2) is 26.3 Å². The number of morpholine rings is 1. The van der Waals surface area contributed by atoms with E-state index >= 15 is 0 Å². The van der Waals surface area contributed by atoms with Gasteiger partial charge in [-0.15, -0.1) is 0 Å². The molecule has 0 saturated carbocycles. The number of hydrogen-bond acceptors (Lipinski definition) is 4. The predicted octanol–water partition coefficient (Wildman–Crippen LogP) is 3.07. The van der Waals surface area contributed by atoms with Gasteiger partial charge in [-0.2, -0.15) is 0 Å². The molecule has 0 unspecified atom stereocenters. The average molecular weight is 309 g/mol. The topological polar surface area (TPSA) is 51.5 Å². The Morgan fingerprint density at radius 3 is 2.30 bits per heavy atom. The Morgan fingerprint density at radius 2 is 1.65 bits per heavy atom. The molecule has 0 spiro atoms. The van der Waals surface area contributed by atoms with E-state index in [1.165, 1.54) is 12.3 Å². The van der Waals surface area contributed by atoms with Crippen LogP contribution in [0.25, 0.3) is 22.1 Å². The molecule has 1 aromatic heterocycles. The van der Waals surface area contributed by atoms with Crippen molar-refractivity contribution in [3.05, 3.63) is 71.1 Å². The molecule has 3 aromatic rings. The molecule has 4 heteroatoms. The summed E-state index contributed by atoms with van der Waals surface area (Å²) >= 11 is 0. The number of para-hydroxylation sites is 1. The molecule has 1 aliphatic rings. The van der Waals surface area contributed by atoms with Gasteiger partial charge >= 0.3 is 0 Å². The van der Waals surface area contributed by atoms with Crippen molar-refractivity contribution in [1.29, 1.82) is 0 Å². The van der Waals surface area contributed by atoms with E-state index in [-0.39, 0.29) is 5.43 Å². The Labute approximate surface area is 134 Å². The monoisotopic (exact) mass is 309 g/mol. The number of fused-ring (bicyclic) bond motifs is 1. The summed E-state index contributed by atoms with van der Waals surface area (Å²) in [5, 5.41) is 3.78. The summed E-state index contributed by atoms with van der Waals surface area (Å²) in [6, 6.07) is 17.0. The van der Waals surface area contributed by atoms with Gasteiger partial charge in [-0.3, -0.25) is 4.79 Å². The molecule has 0 bridgehead atoms. The van der Waals surface area contributed by atoms with Crippen LogP contribution in [0.2, 0.25) is 0 Å². The van der Waals surface area contributed by atoms with Gasteiger partial charge in [0, 0.05) is 24.7 Å². The minimum Gasteiger partial charge on any atom is -0.463 e. The van der Waals surface area contributed by atoms with Crippen molar-refractivity contribution in [2.24, 2.45) is 0 Å². The third-order valence-corrected chi connectivity index (χ3v) is 3.62. The van der Waals surface area contributed by atoms with Crippen molar-refractivity contribution < 1.29 is 9.15 Å². The first kappa shape index (κ1) is 15.5. The summed E-state index contributed by atoms with van der Waals surface area (Å²) in [7, 11) is 0. The molecule has 4 nitrogen and oxygen atoms in total. The van der Waals surface area contributed by atoms with E-state index in [1.807, 2.05) is 42.5 Å². The van der Waals surface area contributed by atoms with Crippen LogP contribution in [0.15, 0.2) is 70.1 Å². The highest BCUT2D eigenvalue weighted by Gasteiger charge is 2.06. The van der Waals surface area contributed by atoms with E-state index in [2.05, 4.69) is 5.32 Å². The molecular formula is C19H19NO3. The zero-order chi connectivity index (χ0) is 15.9. The predicted molar refractivity (Wildman–Crippen MR) is 91.6 cm³/mol. The standard InChI is InChI=1S/C15H10O2.C4H9NO/c16-14-9-10-17-15-12(7-4-8-13(14)15)11-5-2-1-3-6-11;1-3-6-4-2-5-1/h1-10H;5H,1-4H2. The molecule has 4 rings (SSSR count). The Hall–Kier alpha value is -2.43. The third kappa shape index (κ3) is 3.86. The maximum atomic E-state index is 11.7. The fraction of sp³-hybridized carbons (Fsp3) is 0.211. The summed E-state index contributed by atoms with van der Waals surface area (Å²) in [5.74, 6) is 0. The molecular weight excluding hydrogens is 290 g/mol. The summed E-state index contributed by atoms with van der Waals surface area (Å²) in [6.07, 6.45) is 1.44. The van der Waals surface area contributed by atoms with Gasteiger partial charge in [0.2, 0.25) is 0 Å². The second kappa shape index (κ2) is 7.72. The second-order valence-electron chi connectivity index (χ2n) is 5.20. The Bertz CT molecular complexity index is 796. The summed E-state index contributed by atoms with van der Waals surface area (Å²) in [5.41, 5.74) is 2.63. The van der Waals surface area contributed by atoms with Gasteiger partial charge in [-0.25, -0.2) is 0 Å². The molecule has 1 fully saturated rings. The molecule has 1 saturated heterocycles. The molecule has 2 aromatic carbocycles. The number of hydrogen-bond donors (Lipinski definition) is 1. The van der Waals surface area contributed by atoms with Crippen molar-refractivity contribution in [1.82, 2.24) is 5.32 Å². The zero-order valence-corrected chi connectivity index (χ0v) is 12.8. The molecule has 1 aliphatic heterocycles. The van der Waals surface area contributed by atoms with Gasteiger partial charge in [-0.1, -0.05) is 42.5 Å². The number of ether oxygens (including phenoxy) is 1. The second-order valence-corrected chi connectivity index (χ2v) is 5.20. The van der Waals surface area contributed by atoms with Crippen LogP contribution in [0, 0.1) is 0 Å². The summed E-state index contributed by atoms with van der Waals surface area (Å²) in [4.78, 5) is 11.7. The van der Waals surface area contributed by atoms with Crippen molar-refractivity contribution in [3.63, 3.8) is 0 Å². The highest BCUT2D eigenvalue weighted by molar-refractivity contribution is 5.91. The van der Waals surface area contributed by atoms with Gasteiger partial charge in [0.1, 0.15) is 5.58 Å².